The molecule has 0 aliphatic heterocycles. The number of hydrogen-bond donors (Lipinski definition) is 2. The van der Waals surface area contributed by atoms with Gasteiger partial charge in [-0.05, 0) is 25.7 Å². The first-order chi connectivity index (χ1) is 13.4. The molecular formula is C22H40O6. The van der Waals surface area contributed by atoms with Crippen molar-refractivity contribution in [2.24, 2.45) is 5.41 Å². The number of ether oxygens (including phenoxy) is 2. The van der Waals surface area contributed by atoms with Gasteiger partial charge in [-0.25, -0.2) is 0 Å². The largest absolute Gasteiger partial charge is 0.398 e. The second kappa shape index (κ2) is 13.2. The van der Waals surface area contributed by atoms with Gasteiger partial charge in [-0.1, -0.05) is 78.1 Å². The highest BCUT2D eigenvalue weighted by Crippen LogP contribution is 2.44. The number of esters is 2. The zero-order valence-corrected chi connectivity index (χ0v) is 17.8. The maximum atomic E-state index is 12.8. The minimum absolute atomic E-state index is 0.131. The van der Waals surface area contributed by atoms with Gasteiger partial charge in [0.15, 0.2) is 0 Å². The average Bonchev–Trinajstić information content (AvgIpc) is 3.15. The van der Waals surface area contributed by atoms with Gasteiger partial charge in [-0.3, -0.25) is 9.59 Å². The number of carbonyl (C=O) groups is 2. The summed E-state index contributed by atoms with van der Waals surface area (Å²) >= 11 is 0. The zero-order valence-electron chi connectivity index (χ0n) is 17.8. The molecule has 28 heavy (non-hydrogen) atoms. The zero-order chi connectivity index (χ0) is 20.9. The Balaban J connectivity index is 2.56. The SMILES string of the molecule is CCCCCCCC(=O)OC(O)(CO)OC(=O)C1(CCCCCC)CCCC1. The summed E-state index contributed by atoms with van der Waals surface area (Å²) in [5, 5.41) is 19.8. The van der Waals surface area contributed by atoms with Crippen molar-refractivity contribution in [2.45, 2.75) is 116 Å². The van der Waals surface area contributed by atoms with Crippen molar-refractivity contribution >= 4 is 11.9 Å². The van der Waals surface area contributed by atoms with E-state index >= 15 is 0 Å². The highest BCUT2D eigenvalue weighted by molar-refractivity contribution is 5.78. The van der Waals surface area contributed by atoms with Crippen LogP contribution in [0.3, 0.4) is 0 Å². The molecule has 2 N–H and O–H groups in total. The molecule has 1 fully saturated rings. The van der Waals surface area contributed by atoms with Crippen LogP contribution < -0.4 is 0 Å². The summed E-state index contributed by atoms with van der Waals surface area (Å²) in [5.74, 6) is -3.81. The molecule has 0 aromatic rings. The van der Waals surface area contributed by atoms with Crippen LogP contribution in [-0.2, 0) is 19.1 Å². The maximum Gasteiger partial charge on any atom is 0.398 e. The van der Waals surface area contributed by atoms with Crippen LogP contribution in [0.2, 0.25) is 0 Å². The van der Waals surface area contributed by atoms with Crippen molar-refractivity contribution < 1.29 is 29.3 Å². The van der Waals surface area contributed by atoms with Crippen LogP contribution in [0.1, 0.15) is 110 Å². The van der Waals surface area contributed by atoms with E-state index in [2.05, 4.69) is 13.8 Å². The molecule has 1 unspecified atom stereocenters. The summed E-state index contributed by atoms with van der Waals surface area (Å²) in [6.07, 6.45) is 13.2. The monoisotopic (exact) mass is 400 g/mol. The van der Waals surface area contributed by atoms with E-state index in [9.17, 15) is 19.8 Å². The average molecular weight is 401 g/mol. The van der Waals surface area contributed by atoms with Gasteiger partial charge >= 0.3 is 17.9 Å². The van der Waals surface area contributed by atoms with Gasteiger partial charge < -0.3 is 19.7 Å². The lowest BCUT2D eigenvalue weighted by Gasteiger charge is -2.32. The molecule has 0 amide bonds. The van der Waals surface area contributed by atoms with Crippen LogP contribution in [0.4, 0.5) is 0 Å². The molecule has 164 valence electrons. The van der Waals surface area contributed by atoms with Crippen molar-refractivity contribution in [2.75, 3.05) is 6.61 Å². The van der Waals surface area contributed by atoms with Crippen LogP contribution in [0.5, 0.6) is 0 Å². The van der Waals surface area contributed by atoms with E-state index in [1.807, 2.05) is 0 Å². The van der Waals surface area contributed by atoms with Gasteiger partial charge in [0.05, 0.1) is 5.41 Å². The first-order valence-corrected chi connectivity index (χ1v) is 11.2. The van der Waals surface area contributed by atoms with E-state index in [1.54, 1.807) is 0 Å². The van der Waals surface area contributed by atoms with Crippen LogP contribution in [0.25, 0.3) is 0 Å². The van der Waals surface area contributed by atoms with Crippen molar-refractivity contribution in [3.8, 4) is 0 Å². The number of unbranched alkanes of at least 4 members (excludes halogenated alkanes) is 7. The molecule has 1 atom stereocenters. The summed E-state index contributed by atoms with van der Waals surface area (Å²) in [6.45, 7) is 3.29. The predicted molar refractivity (Wildman–Crippen MR) is 107 cm³/mol. The fraction of sp³-hybridized carbons (Fsp3) is 0.909. The number of carbonyl (C=O) groups excluding carboxylic acids is 2. The summed E-state index contributed by atoms with van der Waals surface area (Å²) in [6, 6.07) is 0. The molecule has 1 aliphatic carbocycles. The first kappa shape index (κ1) is 24.9. The second-order valence-corrected chi connectivity index (χ2v) is 8.20. The summed E-state index contributed by atoms with van der Waals surface area (Å²) in [7, 11) is 0. The predicted octanol–water partition coefficient (Wildman–Crippen LogP) is 4.60. The fourth-order valence-corrected chi connectivity index (χ4v) is 3.94. The smallest absolute Gasteiger partial charge is 0.396 e. The molecule has 0 spiro atoms. The highest BCUT2D eigenvalue weighted by Gasteiger charge is 2.47. The van der Waals surface area contributed by atoms with Crippen LogP contribution >= 0.6 is 0 Å². The van der Waals surface area contributed by atoms with Crippen LogP contribution in [0, 0.1) is 5.41 Å². The Morgan fingerprint density at radius 1 is 0.893 bits per heavy atom. The molecule has 0 bridgehead atoms. The Hall–Kier alpha value is -1.14. The highest BCUT2D eigenvalue weighted by atomic mass is 16.8. The lowest BCUT2D eigenvalue weighted by atomic mass is 9.81. The van der Waals surface area contributed by atoms with E-state index in [0.29, 0.717) is 25.7 Å². The molecule has 0 aromatic carbocycles. The van der Waals surface area contributed by atoms with Gasteiger partial charge in [0.2, 0.25) is 0 Å². The van der Waals surface area contributed by atoms with Crippen molar-refractivity contribution in [3.05, 3.63) is 0 Å². The Morgan fingerprint density at radius 2 is 1.46 bits per heavy atom. The van der Waals surface area contributed by atoms with Crippen LogP contribution in [0.15, 0.2) is 0 Å². The quantitative estimate of drug-likeness (QED) is 0.237. The number of aliphatic hydroxyl groups is 2. The molecule has 6 nitrogen and oxygen atoms in total. The Morgan fingerprint density at radius 3 is 2.04 bits per heavy atom. The molecule has 0 aromatic heterocycles. The van der Waals surface area contributed by atoms with Gasteiger partial charge in [0.1, 0.15) is 6.61 Å². The lowest BCUT2D eigenvalue weighted by molar-refractivity contribution is -0.340. The summed E-state index contributed by atoms with van der Waals surface area (Å²) in [4.78, 5) is 24.8. The lowest BCUT2D eigenvalue weighted by Crippen LogP contribution is -2.47. The molecule has 0 radical (unpaired) electrons. The molecule has 1 aliphatic rings. The third-order valence-electron chi connectivity index (χ3n) is 5.71. The summed E-state index contributed by atoms with van der Waals surface area (Å²) in [5.41, 5.74) is -0.635. The van der Waals surface area contributed by atoms with E-state index in [1.165, 1.54) is 0 Å². The molecule has 6 heteroatoms. The van der Waals surface area contributed by atoms with E-state index in [0.717, 1.165) is 64.2 Å². The van der Waals surface area contributed by atoms with E-state index in [-0.39, 0.29) is 6.42 Å². The third kappa shape index (κ3) is 8.48. The van der Waals surface area contributed by atoms with E-state index < -0.39 is 29.9 Å². The molecule has 1 rings (SSSR count). The molecule has 0 heterocycles. The number of aliphatic hydroxyl groups excluding tert-OH is 1. The first-order valence-electron chi connectivity index (χ1n) is 11.2. The minimum Gasteiger partial charge on any atom is -0.396 e. The minimum atomic E-state index is -2.59. The molecule has 0 saturated heterocycles. The standard InChI is InChI=1S/C22H40O6/c1-3-5-7-9-10-14-19(24)27-22(26,18-23)28-20(25)21(16-12-13-17-21)15-11-8-6-4-2/h23,26H,3-18H2,1-2H3. The second-order valence-electron chi connectivity index (χ2n) is 8.20. The van der Waals surface area contributed by atoms with Crippen molar-refractivity contribution in [1.82, 2.24) is 0 Å². The third-order valence-corrected chi connectivity index (χ3v) is 5.71. The van der Waals surface area contributed by atoms with Gasteiger partial charge in [-0.15, -0.1) is 0 Å². The number of rotatable bonds is 15. The maximum absolute atomic E-state index is 12.8. The van der Waals surface area contributed by atoms with Crippen molar-refractivity contribution in [1.29, 1.82) is 0 Å². The number of hydrogen-bond acceptors (Lipinski definition) is 6. The van der Waals surface area contributed by atoms with Gasteiger partial charge in [0.25, 0.3) is 0 Å². The Labute approximate surface area is 170 Å². The van der Waals surface area contributed by atoms with Crippen LogP contribution in [-0.4, -0.2) is 34.7 Å². The topological polar surface area (TPSA) is 93.1 Å². The molecule has 1 saturated carbocycles. The Kier molecular flexibility index (Phi) is 11.7. The summed E-state index contributed by atoms with van der Waals surface area (Å²) < 4.78 is 10.1. The Bertz CT molecular complexity index is 458. The van der Waals surface area contributed by atoms with Crippen molar-refractivity contribution in [3.63, 3.8) is 0 Å². The molecular weight excluding hydrogens is 360 g/mol. The van der Waals surface area contributed by atoms with Gasteiger partial charge in [0, 0.05) is 6.42 Å². The normalized spacial score (nSPS) is 17.9. The van der Waals surface area contributed by atoms with Gasteiger partial charge in [-0.2, -0.15) is 0 Å². The fourth-order valence-electron chi connectivity index (χ4n) is 3.94. The van der Waals surface area contributed by atoms with E-state index in [4.69, 9.17) is 9.47 Å².